The van der Waals surface area contributed by atoms with Gasteiger partial charge in [-0.3, -0.25) is 9.89 Å². The molecule has 0 atom stereocenters. The number of carbonyl (C=O) groups excluding carboxylic acids is 2. The Hall–Kier alpha value is -2.90. The van der Waals surface area contributed by atoms with Crippen LogP contribution in [-0.4, -0.2) is 33.7 Å². The Labute approximate surface area is 114 Å². The molecule has 8 heteroatoms. The molecule has 1 aromatic carbocycles. The van der Waals surface area contributed by atoms with Crippen molar-refractivity contribution in [3.8, 4) is 0 Å². The van der Waals surface area contributed by atoms with Gasteiger partial charge >= 0.3 is 5.97 Å². The van der Waals surface area contributed by atoms with Crippen molar-refractivity contribution in [2.24, 2.45) is 0 Å². The Morgan fingerprint density at radius 2 is 2.15 bits per heavy atom. The minimum Gasteiger partial charge on any atom is -0.462 e. The van der Waals surface area contributed by atoms with Crippen LogP contribution in [0.15, 0.2) is 24.3 Å². The van der Waals surface area contributed by atoms with Crippen molar-refractivity contribution in [2.45, 2.75) is 6.92 Å². The van der Waals surface area contributed by atoms with Crippen LogP contribution in [0.25, 0.3) is 0 Å². The predicted octanol–water partition coefficient (Wildman–Crippen LogP) is 0.816. The standard InChI is InChI=1S/C12H13N5O3/c1-2-20-11(19)7-5-3-4-6-8(7)14-10(18)9-15-12(13)17-16-9/h3-6H,2H2,1H3,(H,14,18)(H3,13,15,16,17). The summed E-state index contributed by atoms with van der Waals surface area (Å²) >= 11 is 0. The maximum Gasteiger partial charge on any atom is 0.340 e. The van der Waals surface area contributed by atoms with E-state index in [9.17, 15) is 9.59 Å². The molecule has 104 valence electrons. The average Bonchev–Trinajstić information content (AvgIpc) is 2.86. The maximum absolute atomic E-state index is 11.9. The van der Waals surface area contributed by atoms with Crippen molar-refractivity contribution in [1.29, 1.82) is 0 Å². The molecule has 2 aromatic rings. The Morgan fingerprint density at radius 1 is 1.40 bits per heavy atom. The van der Waals surface area contributed by atoms with E-state index in [1.165, 1.54) is 0 Å². The zero-order valence-electron chi connectivity index (χ0n) is 10.7. The van der Waals surface area contributed by atoms with Crippen molar-refractivity contribution in [1.82, 2.24) is 15.2 Å². The van der Waals surface area contributed by atoms with Crippen LogP contribution in [-0.2, 0) is 4.74 Å². The van der Waals surface area contributed by atoms with Gasteiger partial charge in [-0.25, -0.2) is 4.79 Å². The van der Waals surface area contributed by atoms with Crippen LogP contribution in [0.4, 0.5) is 11.6 Å². The van der Waals surface area contributed by atoms with Crippen molar-refractivity contribution in [3.05, 3.63) is 35.7 Å². The lowest BCUT2D eigenvalue weighted by atomic mass is 10.2. The highest BCUT2D eigenvalue weighted by molar-refractivity contribution is 6.06. The molecule has 1 amide bonds. The maximum atomic E-state index is 11.9. The highest BCUT2D eigenvalue weighted by Crippen LogP contribution is 2.16. The lowest BCUT2D eigenvalue weighted by Crippen LogP contribution is -2.17. The van der Waals surface area contributed by atoms with Gasteiger partial charge < -0.3 is 15.8 Å². The number of aromatic nitrogens is 3. The summed E-state index contributed by atoms with van der Waals surface area (Å²) in [6.45, 7) is 1.95. The molecule has 20 heavy (non-hydrogen) atoms. The quantitative estimate of drug-likeness (QED) is 0.710. The molecule has 0 fully saturated rings. The summed E-state index contributed by atoms with van der Waals surface area (Å²) in [5, 5.41) is 8.49. The van der Waals surface area contributed by atoms with Crippen LogP contribution in [0.5, 0.6) is 0 Å². The third-order valence-electron chi connectivity index (χ3n) is 2.39. The van der Waals surface area contributed by atoms with Crippen LogP contribution >= 0.6 is 0 Å². The molecule has 0 spiro atoms. The Morgan fingerprint density at radius 3 is 2.80 bits per heavy atom. The number of nitrogens with one attached hydrogen (secondary N) is 2. The largest absolute Gasteiger partial charge is 0.462 e. The molecule has 1 aromatic heterocycles. The van der Waals surface area contributed by atoms with E-state index in [4.69, 9.17) is 10.5 Å². The molecule has 0 saturated carbocycles. The number of nitrogens with zero attached hydrogens (tertiary/aromatic N) is 2. The van der Waals surface area contributed by atoms with E-state index in [0.717, 1.165) is 0 Å². The number of esters is 1. The smallest absolute Gasteiger partial charge is 0.340 e. The van der Waals surface area contributed by atoms with E-state index in [1.54, 1.807) is 31.2 Å². The minimum absolute atomic E-state index is 0.0335. The highest BCUT2D eigenvalue weighted by atomic mass is 16.5. The van der Waals surface area contributed by atoms with Gasteiger partial charge in [-0.2, -0.15) is 4.98 Å². The van der Waals surface area contributed by atoms with Crippen molar-refractivity contribution in [2.75, 3.05) is 17.7 Å². The number of hydrogen-bond acceptors (Lipinski definition) is 6. The normalized spacial score (nSPS) is 10.1. The molecule has 0 unspecified atom stereocenters. The van der Waals surface area contributed by atoms with E-state index in [0.29, 0.717) is 5.69 Å². The Kier molecular flexibility index (Phi) is 3.94. The van der Waals surface area contributed by atoms with Crippen LogP contribution < -0.4 is 11.1 Å². The first kappa shape index (κ1) is 13.5. The van der Waals surface area contributed by atoms with Crippen LogP contribution in [0.1, 0.15) is 27.9 Å². The van der Waals surface area contributed by atoms with Gasteiger partial charge in [-0.15, -0.1) is 5.10 Å². The Balaban J connectivity index is 2.21. The van der Waals surface area contributed by atoms with E-state index in [1.807, 2.05) is 0 Å². The fraction of sp³-hybridized carbons (Fsp3) is 0.167. The van der Waals surface area contributed by atoms with Gasteiger partial charge in [0, 0.05) is 0 Å². The van der Waals surface area contributed by atoms with E-state index >= 15 is 0 Å². The zero-order chi connectivity index (χ0) is 14.5. The summed E-state index contributed by atoms with van der Waals surface area (Å²) in [5.74, 6) is -1.14. The number of nitrogens with two attached hydrogens (primary N) is 1. The molecule has 4 N–H and O–H groups in total. The molecule has 0 saturated heterocycles. The first-order valence-corrected chi connectivity index (χ1v) is 5.87. The number of hydrogen-bond donors (Lipinski definition) is 3. The van der Waals surface area contributed by atoms with Crippen molar-refractivity contribution >= 4 is 23.5 Å². The highest BCUT2D eigenvalue weighted by Gasteiger charge is 2.16. The summed E-state index contributed by atoms with van der Waals surface area (Å²) < 4.78 is 4.91. The molecule has 0 aliphatic carbocycles. The van der Waals surface area contributed by atoms with Crippen LogP contribution in [0, 0.1) is 0 Å². The average molecular weight is 275 g/mol. The number of rotatable bonds is 4. The molecule has 0 radical (unpaired) electrons. The molecule has 8 nitrogen and oxygen atoms in total. The number of amides is 1. The summed E-state index contributed by atoms with van der Waals surface area (Å²) in [7, 11) is 0. The molecule has 2 rings (SSSR count). The van der Waals surface area contributed by atoms with Gasteiger partial charge in [0.1, 0.15) is 0 Å². The van der Waals surface area contributed by atoms with Crippen LogP contribution in [0.3, 0.4) is 0 Å². The lowest BCUT2D eigenvalue weighted by molar-refractivity contribution is 0.0527. The third-order valence-corrected chi connectivity index (χ3v) is 2.39. The molecule has 0 aliphatic heterocycles. The van der Waals surface area contributed by atoms with Gasteiger partial charge in [0.15, 0.2) is 0 Å². The minimum atomic E-state index is -0.550. The lowest BCUT2D eigenvalue weighted by Gasteiger charge is -2.08. The molecular formula is C12H13N5O3. The van der Waals surface area contributed by atoms with E-state index in [-0.39, 0.29) is 23.9 Å². The van der Waals surface area contributed by atoms with Gasteiger partial charge in [-0.05, 0) is 19.1 Å². The number of anilines is 2. The predicted molar refractivity (Wildman–Crippen MR) is 71.1 cm³/mol. The van der Waals surface area contributed by atoms with Gasteiger partial charge in [0.25, 0.3) is 5.91 Å². The van der Waals surface area contributed by atoms with Crippen LogP contribution in [0.2, 0.25) is 0 Å². The summed E-state index contributed by atoms with van der Waals surface area (Å²) in [6.07, 6.45) is 0. The monoisotopic (exact) mass is 275 g/mol. The number of carbonyl (C=O) groups is 2. The number of H-pyrrole nitrogens is 1. The first-order chi connectivity index (χ1) is 9.61. The fourth-order valence-electron chi connectivity index (χ4n) is 1.54. The number of aromatic amines is 1. The van der Waals surface area contributed by atoms with Crippen molar-refractivity contribution in [3.63, 3.8) is 0 Å². The third kappa shape index (κ3) is 2.91. The second kappa shape index (κ2) is 5.83. The zero-order valence-corrected chi connectivity index (χ0v) is 10.7. The Bertz CT molecular complexity index is 638. The number of benzene rings is 1. The molecule has 0 aliphatic rings. The van der Waals surface area contributed by atoms with Gasteiger partial charge in [-0.1, -0.05) is 12.1 Å². The molecule has 1 heterocycles. The summed E-state index contributed by atoms with van der Waals surface area (Å²) in [5.41, 5.74) is 5.90. The van der Waals surface area contributed by atoms with E-state index < -0.39 is 11.9 Å². The molecule has 0 bridgehead atoms. The SMILES string of the molecule is CCOC(=O)c1ccccc1NC(=O)c1nc(N)n[nH]1. The number of nitrogen functional groups attached to an aromatic ring is 1. The second-order valence-corrected chi connectivity index (χ2v) is 3.76. The number of para-hydroxylation sites is 1. The summed E-state index contributed by atoms with van der Waals surface area (Å²) in [4.78, 5) is 27.4. The van der Waals surface area contributed by atoms with Gasteiger partial charge in [0.05, 0.1) is 17.9 Å². The van der Waals surface area contributed by atoms with E-state index in [2.05, 4.69) is 20.5 Å². The second-order valence-electron chi connectivity index (χ2n) is 3.76. The van der Waals surface area contributed by atoms with Crippen molar-refractivity contribution < 1.29 is 14.3 Å². The van der Waals surface area contributed by atoms with Gasteiger partial charge in [0.2, 0.25) is 11.8 Å². The topological polar surface area (TPSA) is 123 Å². The summed E-state index contributed by atoms with van der Waals surface area (Å²) in [6, 6.07) is 6.51. The first-order valence-electron chi connectivity index (χ1n) is 5.87. The fourth-order valence-corrected chi connectivity index (χ4v) is 1.54. The number of ether oxygens (including phenoxy) is 1. The molecular weight excluding hydrogens is 262 g/mol.